The van der Waals surface area contributed by atoms with Crippen molar-refractivity contribution in [1.29, 1.82) is 0 Å². The van der Waals surface area contributed by atoms with E-state index in [-0.39, 0.29) is 0 Å². The SMILES string of the molecule is CCCCCc1ccc(C#Cc2ccc(C#Cc3ccc(C=C(F)F)cc3)cc2CC)cc1. The van der Waals surface area contributed by atoms with Gasteiger partial charge in [0.1, 0.15) is 0 Å². The highest BCUT2D eigenvalue weighted by atomic mass is 19.3. The first kappa shape index (κ1) is 24.0. The van der Waals surface area contributed by atoms with Gasteiger partial charge in [-0.1, -0.05) is 74.6 Å². The minimum atomic E-state index is -1.71. The van der Waals surface area contributed by atoms with Crippen LogP contribution < -0.4 is 0 Å². The van der Waals surface area contributed by atoms with Crippen LogP contribution in [-0.2, 0) is 12.8 Å². The summed E-state index contributed by atoms with van der Waals surface area (Å²) in [5.41, 5.74) is 6.71. The Labute approximate surface area is 196 Å². The van der Waals surface area contributed by atoms with E-state index >= 15 is 0 Å². The first-order chi connectivity index (χ1) is 16.1. The summed E-state index contributed by atoms with van der Waals surface area (Å²) in [6, 6.07) is 21.4. The molecule has 0 aromatic heterocycles. The molecule has 0 nitrogen and oxygen atoms in total. The second kappa shape index (κ2) is 12.4. The third-order valence-electron chi connectivity index (χ3n) is 5.39. The van der Waals surface area contributed by atoms with Crippen molar-refractivity contribution in [2.75, 3.05) is 0 Å². The van der Waals surface area contributed by atoms with Gasteiger partial charge in [0.25, 0.3) is 6.08 Å². The van der Waals surface area contributed by atoms with Crippen LogP contribution in [0.25, 0.3) is 6.08 Å². The molecular weight excluding hydrogens is 410 g/mol. The predicted octanol–water partition coefficient (Wildman–Crippen LogP) is 8.02. The van der Waals surface area contributed by atoms with Gasteiger partial charge < -0.3 is 0 Å². The first-order valence-corrected chi connectivity index (χ1v) is 11.5. The van der Waals surface area contributed by atoms with Crippen LogP contribution in [0.1, 0.15) is 72.1 Å². The summed E-state index contributed by atoms with van der Waals surface area (Å²) in [6.45, 7) is 4.33. The van der Waals surface area contributed by atoms with Gasteiger partial charge in [-0.15, -0.1) is 0 Å². The van der Waals surface area contributed by atoms with Crippen molar-refractivity contribution in [3.8, 4) is 23.7 Å². The third-order valence-corrected chi connectivity index (χ3v) is 5.39. The van der Waals surface area contributed by atoms with E-state index in [1.165, 1.54) is 24.8 Å². The molecule has 0 radical (unpaired) electrons. The summed E-state index contributed by atoms with van der Waals surface area (Å²) in [7, 11) is 0. The van der Waals surface area contributed by atoms with Gasteiger partial charge in [0.05, 0.1) is 0 Å². The fourth-order valence-electron chi connectivity index (χ4n) is 3.49. The second-order valence-corrected chi connectivity index (χ2v) is 7.94. The van der Waals surface area contributed by atoms with E-state index in [1.54, 1.807) is 24.3 Å². The summed E-state index contributed by atoms with van der Waals surface area (Å²) in [6.07, 6.45) is 4.87. The number of benzene rings is 3. The highest BCUT2D eigenvalue weighted by Gasteiger charge is 2.00. The van der Waals surface area contributed by atoms with Crippen molar-refractivity contribution in [3.05, 3.63) is 112 Å². The molecular formula is C31H28F2. The fourth-order valence-corrected chi connectivity index (χ4v) is 3.49. The third kappa shape index (κ3) is 7.78. The van der Waals surface area contributed by atoms with Gasteiger partial charge in [0, 0.05) is 28.3 Å². The van der Waals surface area contributed by atoms with Crippen LogP contribution >= 0.6 is 0 Å². The lowest BCUT2D eigenvalue weighted by molar-refractivity contribution is 0.429. The summed E-state index contributed by atoms with van der Waals surface area (Å²) in [4.78, 5) is 0. The maximum atomic E-state index is 12.3. The molecule has 3 rings (SSSR count). The van der Waals surface area contributed by atoms with Gasteiger partial charge in [-0.3, -0.25) is 0 Å². The summed E-state index contributed by atoms with van der Waals surface area (Å²) in [5, 5.41) is 0. The Balaban J connectivity index is 1.71. The zero-order valence-corrected chi connectivity index (χ0v) is 19.2. The van der Waals surface area contributed by atoms with E-state index in [0.717, 1.165) is 46.7 Å². The number of halogens is 2. The molecule has 0 saturated carbocycles. The van der Waals surface area contributed by atoms with Crippen molar-refractivity contribution in [2.24, 2.45) is 0 Å². The maximum absolute atomic E-state index is 12.3. The van der Waals surface area contributed by atoms with Crippen molar-refractivity contribution in [3.63, 3.8) is 0 Å². The van der Waals surface area contributed by atoms with E-state index < -0.39 is 6.08 Å². The van der Waals surface area contributed by atoms with Gasteiger partial charge in [-0.25, -0.2) is 0 Å². The molecule has 0 aliphatic rings. The minimum absolute atomic E-state index is 0.461. The lowest BCUT2D eigenvalue weighted by atomic mass is 10.0. The second-order valence-electron chi connectivity index (χ2n) is 7.94. The van der Waals surface area contributed by atoms with Crippen LogP contribution in [0.2, 0.25) is 0 Å². The molecule has 2 heteroatoms. The van der Waals surface area contributed by atoms with Crippen LogP contribution in [0.15, 0.2) is 72.8 Å². The Kier molecular flexibility index (Phi) is 9.05. The molecule has 33 heavy (non-hydrogen) atoms. The predicted molar refractivity (Wildman–Crippen MR) is 134 cm³/mol. The number of rotatable bonds is 6. The number of hydrogen-bond donors (Lipinski definition) is 0. The molecule has 0 spiro atoms. The van der Waals surface area contributed by atoms with Gasteiger partial charge in [0.15, 0.2) is 0 Å². The number of hydrogen-bond acceptors (Lipinski definition) is 0. The zero-order chi connectivity index (χ0) is 23.5. The fraction of sp³-hybridized carbons (Fsp3) is 0.226. The minimum Gasteiger partial charge on any atom is -0.173 e. The van der Waals surface area contributed by atoms with Gasteiger partial charge in [0.2, 0.25) is 0 Å². The van der Waals surface area contributed by atoms with Crippen molar-refractivity contribution in [2.45, 2.75) is 46.0 Å². The smallest absolute Gasteiger partial charge is 0.173 e. The molecule has 3 aromatic rings. The monoisotopic (exact) mass is 438 g/mol. The summed E-state index contributed by atoms with van der Waals surface area (Å²) < 4.78 is 24.7. The van der Waals surface area contributed by atoms with Crippen LogP contribution in [0.3, 0.4) is 0 Å². The van der Waals surface area contributed by atoms with E-state index in [2.05, 4.69) is 67.9 Å². The Morgan fingerprint density at radius 2 is 1.33 bits per heavy atom. The molecule has 0 fully saturated rings. The van der Waals surface area contributed by atoms with Crippen LogP contribution in [0.5, 0.6) is 0 Å². The summed E-state index contributed by atoms with van der Waals surface area (Å²) >= 11 is 0. The molecule has 0 atom stereocenters. The first-order valence-electron chi connectivity index (χ1n) is 11.5. The molecule has 0 amide bonds. The van der Waals surface area contributed by atoms with Gasteiger partial charge >= 0.3 is 0 Å². The topological polar surface area (TPSA) is 0 Å². The zero-order valence-electron chi connectivity index (χ0n) is 19.2. The quantitative estimate of drug-likeness (QED) is 0.270. The molecule has 0 saturated heterocycles. The maximum Gasteiger partial charge on any atom is 0.270 e. The molecule has 3 aromatic carbocycles. The van der Waals surface area contributed by atoms with Crippen LogP contribution in [0, 0.1) is 23.7 Å². The van der Waals surface area contributed by atoms with Crippen molar-refractivity contribution in [1.82, 2.24) is 0 Å². The van der Waals surface area contributed by atoms with Crippen LogP contribution in [-0.4, -0.2) is 0 Å². The van der Waals surface area contributed by atoms with E-state index in [4.69, 9.17) is 0 Å². The standard InChI is InChI=1S/C31H28F2/c1-3-5-6-7-24-8-10-26(11-9-24)18-20-30-21-19-27(22-29(30)4-2)15-12-25-13-16-28(17-14-25)23-31(32)33/h8-11,13-14,16-17,19,21-23H,3-7H2,1-2H3. The Morgan fingerprint density at radius 3 is 1.97 bits per heavy atom. The Morgan fingerprint density at radius 1 is 0.727 bits per heavy atom. The highest BCUT2D eigenvalue weighted by Crippen LogP contribution is 2.14. The van der Waals surface area contributed by atoms with Crippen molar-refractivity contribution < 1.29 is 8.78 Å². The molecule has 0 aliphatic heterocycles. The highest BCUT2D eigenvalue weighted by molar-refractivity contribution is 5.54. The normalized spacial score (nSPS) is 9.94. The number of unbranched alkanes of at least 4 members (excludes halogenated alkanes) is 2. The molecule has 0 unspecified atom stereocenters. The van der Waals surface area contributed by atoms with E-state index in [1.807, 2.05) is 12.1 Å². The van der Waals surface area contributed by atoms with Gasteiger partial charge in [-0.2, -0.15) is 8.78 Å². The lowest BCUT2D eigenvalue weighted by Crippen LogP contribution is -1.90. The summed E-state index contributed by atoms with van der Waals surface area (Å²) in [5.74, 6) is 12.9. The van der Waals surface area contributed by atoms with Crippen LogP contribution in [0.4, 0.5) is 8.78 Å². The Hall–Kier alpha value is -3.62. The molecule has 0 N–H and O–H groups in total. The Bertz CT molecular complexity index is 1200. The average Bonchev–Trinajstić information content (AvgIpc) is 2.83. The molecule has 0 bridgehead atoms. The largest absolute Gasteiger partial charge is 0.270 e. The van der Waals surface area contributed by atoms with Gasteiger partial charge in [-0.05, 0) is 78.4 Å². The molecule has 166 valence electrons. The molecule has 0 aliphatic carbocycles. The van der Waals surface area contributed by atoms with Crippen molar-refractivity contribution >= 4 is 6.08 Å². The average molecular weight is 439 g/mol. The molecule has 0 heterocycles. The lowest BCUT2D eigenvalue weighted by Gasteiger charge is -2.03. The van der Waals surface area contributed by atoms with E-state index in [9.17, 15) is 8.78 Å². The number of aryl methyl sites for hydroxylation is 2. The van der Waals surface area contributed by atoms with E-state index in [0.29, 0.717) is 5.56 Å².